The molecular weight excluding hydrogens is 576 g/mol. The van der Waals surface area contributed by atoms with Crippen molar-refractivity contribution in [1.29, 1.82) is 0 Å². The lowest BCUT2D eigenvalue weighted by molar-refractivity contribution is -0.146. The lowest BCUT2D eigenvalue weighted by atomic mass is 10.0. The normalized spacial score (nSPS) is 12.8. The number of methoxy groups -OCH3 is 1. The fourth-order valence-electron chi connectivity index (χ4n) is 3.94. The van der Waals surface area contributed by atoms with E-state index in [0.29, 0.717) is 12.2 Å². The quantitative estimate of drug-likeness (QED) is 0.0725. The van der Waals surface area contributed by atoms with Gasteiger partial charge in [-0.15, -0.1) is 0 Å². The molecule has 41 heavy (non-hydrogen) atoms. The molecule has 0 aromatic carbocycles. The van der Waals surface area contributed by atoms with Gasteiger partial charge in [0.2, 0.25) is 11.8 Å². The number of carbonyl (C=O) groups is 4. The highest BCUT2D eigenvalue weighted by molar-refractivity contribution is 7.99. The Hall–Kier alpha value is -1.90. The summed E-state index contributed by atoms with van der Waals surface area (Å²) in [6, 6.07) is -2.61. The molecule has 0 aliphatic rings. The minimum absolute atomic E-state index is 0.0921. The summed E-state index contributed by atoms with van der Waals surface area (Å²) in [5, 5.41) is 4.68. The van der Waals surface area contributed by atoms with Crippen molar-refractivity contribution in [3.05, 3.63) is 0 Å². The maximum Gasteiger partial charge on any atom is 0.397 e. The van der Waals surface area contributed by atoms with Crippen LogP contribution in [0.1, 0.15) is 104 Å². The third kappa shape index (κ3) is 24.4. The highest BCUT2D eigenvalue weighted by Crippen LogP contribution is 2.13. The standard InChI is InChI=1S/C27H50N2O10S2/c1-4-5-6-7-8-9-10-11-12-13-14-15-16-17-25(31)38-18-19-40-21-24(28-22(2)30)26(32)29-23(27(33)37-3)20-39-41(34,35)36/h23-24H,4-21H2,1-3H3,(H,28,30)(H,29,32)(H,34,35,36). The number of ether oxygens (including phenoxy) is 2. The van der Waals surface area contributed by atoms with E-state index in [1.165, 1.54) is 82.9 Å². The van der Waals surface area contributed by atoms with Crippen molar-refractivity contribution >= 4 is 45.9 Å². The first kappa shape index (κ1) is 39.1. The van der Waals surface area contributed by atoms with Gasteiger partial charge < -0.3 is 20.1 Å². The van der Waals surface area contributed by atoms with E-state index in [1.807, 2.05) is 0 Å². The monoisotopic (exact) mass is 626 g/mol. The van der Waals surface area contributed by atoms with E-state index in [9.17, 15) is 27.6 Å². The van der Waals surface area contributed by atoms with Gasteiger partial charge in [0.05, 0.1) is 13.7 Å². The van der Waals surface area contributed by atoms with Gasteiger partial charge in [-0.1, -0.05) is 84.0 Å². The summed E-state index contributed by atoms with van der Waals surface area (Å²) in [5.41, 5.74) is 0. The molecule has 2 atom stereocenters. The van der Waals surface area contributed by atoms with E-state index in [1.54, 1.807) is 0 Å². The van der Waals surface area contributed by atoms with Crippen molar-refractivity contribution < 1.29 is 45.8 Å². The van der Waals surface area contributed by atoms with Crippen LogP contribution in [0.5, 0.6) is 0 Å². The van der Waals surface area contributed by atoms with Crippen molar-refractivity contribution in [2.45, 2.75) is 116 Å². The van der Waals surface area contributed by atoms with Crippen LogP contribution in [0, 0.1) is 0 Å². The van der Waals surface area contributed by atoms with Crippen LogP contribution in [-0.4, -0.2) is 80.6 Å². The van der Waals surface area contributed by atoms with E-state index >= 15 is 0 Å². The van der Waals surface area contributed by atoms with E-state index in [4.69, 9.17) is 9.29 Å². The predicted octanol–water partition coefficient (Wildman–Crippen LogP) is 3.73. The number of hydrogen-bond acceptors (Lipinski definition) is 10. The maximum absolute atomic E-state index is 12.6. The highest BCUT2D eigenvalue weighted by Gasteiger charge is 2.28. The van der Waals surface area contributed by atoms with Gasteiger partial charge in [0.15, 0.2) is 6.04 Å². The summed E-state index contributed by atoms with van der Waals surface area (Å²) in [5.74, 6) is -2.11. The van der Waals surface area contributed by atoms with Gasteiger partial charge in [-0.3, -0.25) is 18.9 Å². The molecule has 0 radical (unpaired) electrons. The zero-order valence-corrected chi connectivity index (χ0v) is 26.5. The lowest BCUT2D eigenvalue weighted by Gasteiger charge is -2.21. The van der Waals surface area contributed by atoms with Crippen LogP contribution < -0.4 is 10.6 Å². The molecule has 0 rings (SSSR count). The number of unbranched alkanes of at least 4 members (excludes halogenated alkanes) is 12. The smallest absolute Gasteiger partial charge is 0.397 e. The van der Waals surface area contributed by atoms with Crippen LogP contribution in [0.4, 0.5) is 0 Å². The van der Waals surface area contributed by atoms with Gasteiger partial charge in [-0.05, 0) is 6.42 Å². The van der Waals surface area contributed by atoms with Gasteiger partial charge in [-0.25, -0.2) is 8.98 Å². The second-order valence-electron chi connectivity index (χ2n) is 9.84. The molecule has 2 amide bonds. The minimum atomic E-state index is -4.86. The summed E-state index contributed by atoms with van der Waals surface area (Å²) in [7, 11) is -3.83. The number of rotatable bonds is 26. The van der Waals surface area contributed by atoms with Gasteiger partial charge in [0.25, 0.3) is 0 Å². The van der Waals surface area contributed by atoms with Crippen LogP contribution in [-0.2, 0) is 43.2 Å². The first-order valence-corrected chi connectivity index (χ1v) is 17.0. The fourth-order valence-corrected chi connectivity index (χ4v) is 5.09. The van der Waals surface area contributed by atoms with Crippen LogP contribution in [0.15, 0.2) is 0 Å². The molecule has 0 aromatic rings. The highest BCUT2D eigenvalue weighted by atomic mass is 32.3. The Morgan fingerprint density at radius 1 is 0.829 bits per heavy atom. The maximum atomic E-state index is 12.6. The average Bonchev–Trinajstić information content (AvgIpc) is 2.91. The number of thioether (sulfide) groups is 1. The summed E-state index contributed by atoms with van der Waals surface area (Å²) < 4.78 is 44.2. The first-order chi connectivity index (χ1) is 19.5. The fraction of sp³-hybridized carbons (Fsp3) is 0.852. The first-order valence-electron chi connectivity index (χ1n) is 14.5. The molecule has 0 aromatic heterocycles. The Morgan fingerprint density at radius 2 is 1.37 bits per heavy atom. The average molecular weight is 627 g/mol. The predicted molar refractivity (Wildman–Crippen MR) is 158 cm³/mol. The zero-order chi connectivity index (χ0) is 30.9. The van der Waals surface area contributed by atoms with Crippen molar-refractivity contribution in [2.24, 2.45) is 0 Å². The topological polar surface area (TPSA) is 174 Å². The number of carbonyl (C=O) groups excluding carboxylic acids is 4. The number of esters is 2. The van der Waals surface area contributed by atoms with Gasteiger partial charge in [0.1, 0.15) is 12.6 Å². The Bertz CT molecular complexity index is 855. The Balaban J connectivity index is 4.12. The van der Waals surface area contributed by atoms with E-state index < -0.39 is 46.9 Å². The number of amides is 2. The molecule has 0 bridgehead atoms. The Morgan fingerprint density at radius 3 is 1.85 bits per heavy atom. The molecule has 0 aliphatic heterocycles. The van der Waals surface area contributed by atoms with Gasteiger partial charge in [-0.2, -0.15) is 20.2 Å². The van der Waals surface area contributed by atoms with Crippen LogP contribution >= 0.6 is 11.8 Å². The van der Waals surface area contributed by atoms with Crippen molar-refractivity contribution in [2.75, 3.05) is 31.8 Å². The van der Waals surface area contributed by atoms with Crippen LogP contribution in [0.2, 0.25) is 0 Å². The van der Waals surface area contributed by atoms with Crippen molar-refractivity contribution in [3.8, 4) is 0 Å². The molecular formula is C27H50N2O10S2. The van der Waals surface area contributed by atoms with Crippen LogP contribution in [0.25, 0.3) is 0 Å². The molecule has 0 aliphatic carbocycles. The van der Waals surface area contributed by atoms with Crippen molar-refractivity contribution in [3.63, 3.8) is 0 Å². The second kappa shape index (κ2) is 24.7. The molecule has 0 fully saturated rings. The largest absolute Gasteiger partial charge is 0.467 e. The lowest BCUT2D eigenvalue weighted by Crippen LogP contribution is -2.54. The molecule has 2 unspecified atom stereocenters. The number of nitrogens with one attached hydrogen (secondary N) is 2. The number of hydrogen-bond donors (Lipinski definition) is 3. The third-order valence-corrected chi connectivity index (χ3v) is 7.60. The SMILES string of the molecule is CCCCCCCCCCCCCCCC(=O)OCCSCC(NC(C)=O)C(=O)NC(COS(=O)(=O)O)C(=O)OC. The minimum Gasteiger partial charge on any atom is -0.467 e. The molecule has 0 spiro atoms. The Kier molecular flexibility index (Phi) is 23.5. The molecule has 240 valence electrons. The summed E-state index contributed by atoms with van der Waals surface area (Å²) >= 11 is 1.24. The zero-order valence-electron chi connectivity index (χ0n) is 24.8. The van der Waals surface area contributed by atoms with E-state index in [2.05, 4.69) is 26.5 Å². The van der Waals surface area contributed by atoms with Crippen molar-refractivity contribution in [1.82, 2.24) is 10.6 Å². The molecule has 0 saturated heterocycles. The van der Waals surface area contributed by atoms with E-state index in [-0.39, 0.29) is 18.3 Å². The van der Waals surface area contributed by atoms with E-state index in [0.717, 1.165) is 26.4 Å². The summed E-state index contributed by atoms with van der Waals surface area (Å²) in [4.78, 5) is 48.0. The molecule has 12 nitrogen and oxygen atoms in total. The second-order valence-corrected chi connectivity index (χ2v) is 12.1. The van der Waals surface area contributed by atoms with Gasteiger partial charge in [0, 0.05) is 24.9 Å². The summed E-state index contributed by atoms with van der Waals surface area (Å²) in [6.45, 7) is 2.69. The molecule has 3 N–H and O–H groups in total. The molecule has 0 saturated carbocycles. The summed E-state index contributed by atoms with van der Waals surface area (Å²) in [6.07, 6.45) is 16.3. The van der Waals surface area contributed by atoms with Crippen LogP contribution in [0.3, 0.4) is 0 Å². The third-order valence-electron chi connectivity index (χ3n) is 6.14. The Labute approximate surface area is 249 Å². The van der Waals surface area contributed by atoms with Gasteiger partial charge >= 0.3 is 22.3 Å². The molecule has 0 heterocycles. The molecule has 14 heteroatoms.